The Labute approximate surface area is 122 Å². The van der Waals surface area contributed by atoms with Crippen molar-refractivity contribution >= 4 is 0 Å². The van der Waals surface area contributed by atoms with E-state index in [9.17, 15) is 0 Å². The maximum Gasteiger partial charge on any atom is 0.0576 e. The molecule has 0 aromatic carbocycles. The zero-order valence-corrected chi connectivity index (χ0v) is 13.0. The second kappa shape index (κ2) is 8.42. The van der Waals surface area contributed by atoms with Crippen LogP contribution in [0.25, 0.3) is 0 Å². The molecule has 0 spiro atoms. The molecule has 0 aliphatic carbocycles. The van der Waals surface area contributed by atoms with Gasteiger partial charge in [0.15, 0.2) is 0 Å². The van der Waals surface area contributed by atoms with Crippen molar-refractivity contribution in [1.29, 1.82) is 0 Å². The highest BCUT2D eigenvalue weighted by atomic mass is 16.5. The van der Waals surface area contributed by atoms with E-state index in [0.717, 1.165) is 39.0 Å². The van der Waals surface area contributed by atoms with Gasteiger partial charge in [-0.25, -0.2) is 0 Å². The molecule has 0 amide bonds. The third-order valence-electron chi connectivity index (χ3n) is 3.98. The van der Waals surface area contributed by atoms with Crippen LogP contribution >= 0.6 is 0 Å². The lowest BCUT2D eigenvalue weighted by atomic mass is 10.0. The first-order chi connectivity index (χ1) is 9.85. The lowest BCUT2D eigenvalue weighted by molar-refractivity contribution is 0.0993. The average molecular weight is 279 g/mol. The van der Waals surface area contributed by atoms with Gasteiger partial charge in [-0.2, -0.15) is 5.10 Å². The summed E-state index contributed by atoms with van der Waals surface area (Å²) in [6.45, 7) is 7.44. The van der Waals surface area contributed by atoms with Gasteiger partial charge in [0, 0.05) is 25.4 Å². The average Bonchev–Trinajstić information content (AvgIpc) is 3.11. The molecule has 2 heterocycles. The maximum atomic E-state index is 5.75. The second-order valence-corrected chi connectivity index (χ2v) is 5.70. The van der Waals surface area contributed by atoms with Crippen LogP contribution in [-0.4, -0.2) is 29.0 Å². The normalized spacial score (nSPS) is 20.4. The zero-order chi connectivity index (χ0) is 14.2. The highest BCUT2D eigenvalue weighted by Gasteiger charge is 2.20. The fourth-order valence-corrected chi connectivity index (χ4v) is 2.94. The van der Waals surface area contributed by atoms with Crippen molar-refractivity contribution < 1.29 is 4.74 Å². The third kappa shape index (κ3) is 4.32. The number of nitrogens with zero attached hydrogens (tertiary/aromatic N) is 2. The van der Waals surface area contributed by atoms with E-state index in [2.05, 4.69) is 35.0 Å². The van der Waals surface area contributed by atoms with E-state index in [1.54, 1.807) is 0 Å². The SMILES string of the molecule is CCCNC(CCC1CCCO1)c1ccnn1CCC. The molecule has 2 rings (SSSR count). The van der Waals surface area contributed by atoms with E-state index in [-0.39, 0.29) is 0 Å². The topological polar surface area (TPSA) is 39.1 Å². The minimum Gasteiger partial charge on any atom is -0.378 e. The van der Waals surface area contributed by atoms with E-state index in [1.807, 2.05) is 6.20 Å². The molecule has 4 nitrogen and oxygen atoms in total. The molecule has 2 unspecified atom stereocenters. The standard InChI is InChI=1S/C16H29N3O/c1-3-10-17-15(8-7-14-6-5-13-20-14)16-9-11-18-19(16)12-4-2/h9,11,14-15,17H,3-8,10,12-13H2,1-2H3. The first-order valence-corrected chi connectivity index (χ1v) is 8.21. The van der Waals surface area contributed by atoms with Crippen LogP contribution in [-0.2, 0) is 11.3 Å². The predicted octanol–water partition coefficient (Wildman–Crippen LogP) is 3.29. The Kier molecular flexibility index (Phi) is 6.54. The van der Waals surface area contributed by atoms with Gasteiger partial charge in [-0.15, -0.1) is 0 Å². The smallest absolute Gasteiger partial charge is 0.0576 e. The van der Waals surface area contributed by atoms with Gasteiger partial charge < -0.3 is 10.1 Å². The van der Waals surface area contributed by atoms with Gasteiger partial charge in [0.05, 0.1) is 11.8 Å². The van der Waals surface area contributed by atoms with E-state index in [0.29, 0.717) is 12.1 Å². The van der Waals surface area contributed by atoms with E-state index in [4.69, 9.17) is 4.74 Å². The number of nitrogens with one attached hydrogen (secondary N) is 1. The minimum absolute atomic E-state index is 0.410. The molecule has 1 aliphatic heterocycles. The van der Waals surface area contributed by atoms with Gasteiger partial charge in [-0.1, -0.05) is 13.8 Å². The fourth-order valence-electron chi connectivity index (χ4n) is 2.94. The molecule has 1 saturated heterocycles. The van der Waals surface area contributed by atoms with Crippen molar-refractivity contribution in [1.82, 2.24) is 15.1 Å². The van der Waals surface area contributed by atoms with Crippen molar-refractivity contribution in [3.05, 3.63) is 18.0 Å². The van der Waals surface area contributed by atoms with Gasteiger partial charge in [0.25, 0.3) is 0 Å². The summed E-state index contributed by atoms with van der Waals surface area (Å²) in [7, 11) is 0. The number of ether oxygens (including phenoxy) is 1. The van der Waals surface area contributed by atoms with Gasteiger partial charge in [0.2, 0.25) is 0 Å². The van der Waals surface area contributed by atoms with E-state index >= 15 is 0 Å². The molecular weight excluding hydrogens is 250 g/mol. The predicted molar refractivity (Wildman–Crippen MR) is 81.8 cm³/mol. The Morgan fingerprint density at radius 2 is 2.35 bits per heavy atom. The van der Waals surface area contributed by atoms with Crippen LogP contribution in [0.1, 0.15) is 64.1 Å². The molecular formula is C16H29N3O. The van der Waals surface area contributed by atoms with Gasteiger partial charge >= 0.3 is 0 Å². The van der Waals surface area contributed by atoms with Crippen molar-refractivity contribution in [2.45, 2.75) is 71.1 Å². The van der Waals surface area contributed by atoms with E-state index < -0.39 is 0 Å². The number of hydrogen-bond acceptors (Lipinski definition) is 3. The van der Waals surface area contributed by atoms with Crippen LogP contribution in [0.2, 0.25) is 0 Å². The molecule has 1 aromatic heterocycles. The zero-order valence-electron chi connectivity index (χ0n) is 13.0. The summed E-state index contributed by atoms with van der Waals surface area (Å²) in [6.07, 6.45) is 9.44. The summed E-state index contributed by atoms with van der Waals surface area (Å²) in [5, 5.41) is 8.14. The molecule has 4 heteroatoms. The lowest BCUT2D eigenvalue weighted by Crippen LogP contribution is -2.26. The number of aromatic nitrogens is 2. The highest BCUT2D eigenvalue weighted by Crippen LogP contribution is 2.24. The minimum atomic E-state index is 0.410. The van der Waals surface area contributed by atoms with E-state index in [1.165, 1.54) is 25.0 Å². The number of hydrogen-bond donors (Lipinski definition) is 1. The first kappa shape index (κ1) is 15.5. The molecule has 1 fully saturated rings. The van der Waals surface area contributed by atoms with Gasteiger partial charge in [0.1, 0.15) is 0 Å². The van der Waals surface area contributed by atoms with Crippen LogP contribution in [0, 0.1) is 0 Å². The largest absolute Gasteiger partial charge is 0.378 e. The Hall–Kier alpha value is -0.870. The highest BCUT2D eigenvalue weighted by molar-refractivity contribution is 5.07. The third-order valence-corrected chi connectivity index (χ3v) is 3.98. The molecule has 20 heavy (non-hydrogen) atoms. The molecule has 2 atom stereocenters. The van der Waals surface area contributed by atoms with Gasteiger partial charge in [-0.3, -0.25) is 4.68 Å². The summed E-state index contributed by atoms with van der Waals surface area (Å²) in [6, 6.07) is 2.58. The molecule has 0 saturated carbocycles. The van der Waals surface area contributed by atoms with Crippen LogP contribution in [0.4, 0.5) is 0 Å². The molecule has 114 valence electrons. The Morgan fingerprint density at radius 3 is 3.05 bits per heavy atom. The number of aryl methyl sites for hydroxylation is 1. The summed E-state index contributed by atoms with van der Waals surface area (Å²) in [5.74, 6) is 0. The summed E-state index contributed by atoms with van der Waals surface area (Å²) < 4.78 is 7.91. The number of rotatable bonds is 9. The van der Waals surface area contributed by atoms with Crippen molar-refractivity contribution in [2.75, 3.05) is 13.2 Å². The molecule has 1 aromatic rings. The van der Waals surface area contributed by atoms with Crippen molar-refractivity contribution in [3.63, 3.8) is 0 Å². The van der Waals surface area contributed by atoms with Crippen molar-refractivity contribution in [3.8, 4) is 0 Å². The van der Waals surface area contributed by atoms with Gasteiger partial charge in [-0.05, 0) is 51.1 Å². The summed E-state index contributed by atoms with van der Waals surface area (Å²) >= 11 is 0. The maximum absolute atomic E-state index is 5.75. The Bertz CT molecular complexity index is 372. The van der Waals surface area contributed by atoms with Crippen LogP contribution in [0.5, 0.6) is 0 Å². The lowest BCUT2D eigenvalue weighted by Gasteiger charge is -2.21. The molecule has 0 bridgehead atoms. The molecule has 1 aliphatic rings. The summed E-state index contributed by atoms with van der Waals surface area (Å²) in [5.41, 5.74) is 1.33. The Morgan fingerprint density at radius 1 is 1.45 bits per heavy atom. The van der Waals surface area contributed by atoms with Crippen LogP contribution in [0.15, 0.2) is 12.3 Å². The van der Waals surface area contributed by atoms with Crippen molar-refractivity contribution in [2.24, 2.45) is 0 Å². The fraction of sp³-hybridized carbons (Fsp3) is 0.812. The quantitative estimate of drug-likeness (QED) is 0.754. The van der Waals surface area contributed by atoms with Crippen LogP contribution in [0.3, 0.4) is 0 Å². The molecule has 0 radical (unpaired) electrons. The first-order valence-electron chi connectivity index (χ1n) is 8.21. The second-order valence-electron chi connectivity index (χ2n) is 5.70. The monoisotopic (exact) mass is 279 g/mol. The summed E-state index contributed by atoms with van der Waals surface area (Å²) in [4.78, 5) is 0. The van der Waals surface area contributed by atoms with Crippen LogP contribution < -0.4 is 5.32 Å². The molecule has 1 N–H and O–H groups in total. The Balaban J connectivity index is 1.95.